The molecule has 3 nitrogen and oxygen atoms in total. The number of hydrogen-bond donors (Lipinski definition) is 0. The number of carbonyl (C=O) groups is 2. The summed E-state index contributed by atoms with van der Waals surface area (Å²) in [6.45, 7) is 1.91. The normalized spacial score (nSPS) is 52.5. The topological polar surface area (TPSA) is 43.4 Å². The van der Waals surface area contributed by atoms with Crippen LogP contribution in [0.1, 0.15) is 26.2 Å². The Kier molecular flexibility index (Phi) is 1.14. The summed E-state index contributed by atoms with van der Waals surface area (Å²) in [7, 11) is 0. The summed E-state index contributed by atoms with van der Waals surface area (Å²) in [5.41, 5.74) is -0.458. The molecule has 0 N–H and O–H groups in total. The van der Waals surface area contributed by atoms with Gasteiger partial charge in [-0.25, -0.2) is 0 Å². The Morgan fingerprint density at radius 3 is 2.85 bits per heavy atom. The van der Waals surface area contributed by atoms with E-state index in [0.717, 1.165) is 19.3 Å². The molecule has 13 heavy (non-hydrogen) atoms. The molecule has 2 aliphatic carbocycles. The van der Waals surface area contributed by atoms with Crippen molar-refractivity contribution in [2.75, 3.05) is 0 Å². The lowest BCUT2D eigenvalue weighted by Gasteiger charge is -2.29. The van der Waals surface area contributed by atoms with Crippen LogP contribution in [0.3, 0.4) is 0 Å². The van der Waals surface area contributed by atoms with Gasteiger partial charge in [0.1, 0.15) is 0 Å². The van der Waals surface area contributed by atoms with E-state index in [1.807, 2.05) is 6.92 Å². The van der Waals surface area contributed by atoms with Gasteiger partial charge < -0.3 is 4.74 Å². The summed E-state index contributed by atoms with van der Waals surface area (Å²) >= 11 is 0. The highest BCUT2D eigenvalue weighted by Crippen LogP contribution is 2.62. The number of esters is 2. The average molecular weight is 180 g/mol. The number of hydrogen-bond acceptors (Lipinski definition) is 3. The fourth-order valence-electron chi connectivity index (χ4n) is 3.60. The Labute approximate surface area is 76.4 Å². The molecule has 0 amide bonds. The van der Waals surface area contributed by atoms with Gasteiger partial charge in [-0.3, -0.25) is 9.59 Å². The zero-order valence-corrected chi connectivity index (χ0v) is 7.58. The first-order valence-corrected chi connectivity index (χ1v) is 4.90. The molecule has 4 atom stereocenters. The molecule has 2 saturated carbocycles. The van der Waals surface area contributed by atoms with Crippen LogP contribution in [-0.4, -0.2) is 11.9 Å². The van der Waals surface area contributed by atoms with Crippen molar-refractivity contribution in [3.05, 3.63) is 0 Å². The van der Waals surface area contributed by atoms with E-state index in [1.54, 1.807) is 0 Å². The van der Waals surface area contributed by atoms with Gasteiger partial charge in [0.25, 0.3) is 0 Å². The Bertz CT molecular complexity index is 309. The summed E-state index contributed by atoms with van der Waals surface area (Å²) in [6.07, 6.45) is 3.26. The van der Waals surface area contributed by atoms with E-state index in [-0.39, 0.29) is 17.9 Å². The molecule has 0 spiro atoms. The molecule has 1 aliphatic heterocycles. The van der Waals surface area contributed by atoms with Gasteiger partial charge in [0.05, 0.1) is 11.3 Å². The maximum absolute atomic E-state index is 11.5. The summed E-state index contributed by atoms with van der Waals surface area (Å²) in [5.74, 6) is 0.184. The first-order valence-electron chi connectivity index (χ1n) is 4.90. The van der Waals surface area contributed by atoms with Crippen molar-refractivity contribution < 1.29 is 14.3 Å². The minimum absolute atomic E-state index is 0.112. The molecule has 1 heterocycles. The lowest BCUT2D eigenvalue weighted by molar-refractivity contribution is -0.156. The first kappa shape index (κ1) is 7.54. The average Bonchev–Trinajstić information content (AvgIpc) is 2.66. The fourth-order valence-corrected chi connectivity index (χ4v) is 3.60. The lowest BCUT2D eigenvalue weighted by atomic mass is 9.69. The molecular formula is C10H12O3. The molecular weight excluding hydrogens is 168 g/mol. The van der Waals surface area contributed by atoms with Crippen LogP contribution in [-0.2, 0) is 14.3 Å². The molecule has 0 unspecified atom stereocenters. The first-order chi connectivity index (χ1) is 6.14. The van der Waals surface area contributed by atoms with E-state index >= 15 is 0 Å². The van der Waals surface area contributed by atoms with Crippen LogP contribution >= 0.6 is 0 Å². The highest BCUT2D eigenvalue weighted by molar-refractivity contribution is 6.00. The second kappa shape index (κ2) is 1.97. The second-order valence-corrected chi connectivity index (χ2v) is 4.74. The molecule has 3 heteroatoms. The molecule has 3 rings (SSSR count). The quantitative estimate of drug-likeness (QED) is 0.414. The van der Waals surface area contributed by atoms with Crippen molar-refractivity contribution >= 4 is 11.9 Å². The highest BCUT2D eigenvalue weighted by atomic mass is 16.6. The third-order valence-corrected chi connectivity index (χ3v) is 4.33. The van der Waals surface area contributed by atoms with Gasteiger partial charge in [0.2, 0.25) is 0 Å². The standard InChI is InChI=1S/C10H12O3/c1-10-6-3-2-5(4-6)7(10)8(11)13-9(10)12/h5-7H,2-4H2,1H3/t5-,6-,7+,10-/m0/s1. The number of fused-ring (bicyclic) bond motifs is 5. The van der Waals surface area contributed by atoms with Gasteiger partial charge in [-0.15, -0.1) is 0 Å². The SMILES string of the molecule is C[C@@]12C(=O)OC(=O)[C@H]1[C@H]1CC[C@H]2C1. The van der Waals surface area contributed by atoms with Gasteiger partial charge in [-0.2, -0.15) is 0 Å². The Hall–Kier alpha value is -0.860. The van der Waals surface area contributed by atoms with E-state index in [9.17, 15) is 9.59 Å². The van der Waals surface area contributed by atoms with Crippen LogP contribution in [0.2, 0.25) is 0 Å². The van der Waals surface area contributed by atoms with Gasteiger partial charge in [-0.05, 0) is 38.0 Å². The minimum Gasteiger partial charge on any atom is -0.392 e. The molecule has 1 saturated heterocycles. The second-order valence-electron chi connectivity index (χ2n) is 4.74. The van der Waals surface area contributed by atoms with Crippen molar-refractivity contribution in [1.82, 2.24) is 0 Å². The van der Waals surface area contributed by atoms with Gasteiger partial charge in [-0.1, -0.05) is 0 Å². The molecule has 70 valence electrons. The Morgan fingerprint density at radius 2 is 2.15 bits per heavy atom. The number of rotatable bonds is 0. The third-order valence-electron chi connectivity index (χ3n) is 4.33. The smallest absolute Gasteiger partial charge is 0.320 e. The van der Waals surface area contributed by atoms with Crippen LogP contribution in [0.15, 0.2) is 0 Å². The molecule has 0 aromatic rings. The minimum atomic E-state index is -0.458. The number of carbonyl (C=O) groups excluding carboxylic acids is 2. The van der Waals surface area contributed by atoms with Gasteiger partial charge >= 0.3 is 11.9 Å². The molecule has 3 aliphatic rings. The largest absolute Gasteiger partial charge is 0.392 e. The van der Waals surface area contributed by atoms with Gasteiger partial charge in [0.15, 0.2) is 0 Å². The van der Waals surface area contributed by atoms with E-state index in [1.165, 1.54) is 0 Å². The zero-order valence-electron chi connectivity index (χ0n) is 7.58. The van der Waals surface area contributed by atoms with Crippen molar-refractivity contribution in [2.24, 2.45) is 23.2 Å². The summed E-state index contributed by atoms with van der Waals surface area (Å²) < 4.78 is 4.73. The molecule has 0 radical (unpaired) electrons. The van der Waals surface area contributed by atoms with Crippen molar-refractivity contribution in [2.45, 2.75) is 26.2 Å². The summed E-state index contributed by atoms with van der Waals surface area (Å²) in [4.78, 5) is 23.0. The van der Waals surface area contributed by atoms with Crippen LogP contribution in [0.25, 0.3) is 0 Å². The van der Waals surface area contributed by atoms with Crippen LogP contribution < -0.4 is 0 Å². The maximum atomic E-state index is 11.5. The monoisotopic (exact) mass is 180 g/mol. The van der Waals surface area contributed by atoms with E-state index in [0.29, 0.717) is 11.8 Å². The van der Waals surface area contributed by atoms with E-state index in [4.69, 9.17) is 4.74 Å². The zero-order chi connectivity index (χ0) is 9.22. The molecule has 3 fully saturated rings. The van der Waals surface area contributed by atoms with Crippen LogP contribution in [0, 0.1) is 23.2 Å². The van der Waals surface area contributed by atoms with Gasteiger partial charge in [0, 0.05) is 0 Å². The molecule has 0 aromatic carbocycles. The fraction of sp³-hybridized carbons (Fsp3) is 0.800. The molecule has 0 aromatic heterocycles. The predicted octanol–water partition coefficient (Wildman–Crippen LogP) is 1.12. The maximum Gasteiger partial charge on any atom is 0.320 e. The highest BCUT2D eigenvalue weighted by Gasteiger charge is 2.67. The van der Waals surface area contributed by atoms with E-state index < -0.39 is 5.41 Å². The van der Waals surface area contributed by atoms with E-state index in [2.05, 4.69) is 0 Å². The predicted molar refractivity (Wildman–Crippen MR) is 43.5 cm³/mol. The lowest BCUT2D eigenvalue weighted by Crippen LogP contribution is -2.36. The van der Waals surface area contributed by atoms with Crippen molar-refractivity contribution in [3.8, 4) is 0 Å². The van der Waals surface area contributed by atoms with Crippen LogP contribution in [0.4, 0.5) is 0 Å². The molecule has 2 bridgehead atoms. The summed E-state index contributed by atoms with van der Waals surface area (Å²) in [5, 5.41) is 0. The number of cyclic esters (lactones) is 2. The third kappa shape index (κ3) is 0.640. The van der Waals surface area contributed by atoms with Crippen molar-refractivity contribution in [3.63, 3.8) is 0 Å². The number of ether oxygens (including phenoxy) is 1. The Morgan fingerprint density at radius 1 is 1.38 bits per heavy atom. The summed E-state index contributed by atoms with van der Waals surface area (Å²) in [6, 6.07) is 0. The van der Waals surface area contributed by atoms with Crippen LogP contribution in [0.5, 0.6) is 0 Å². The Balaban J connectivity index is 2.12. The van der Waals surface area contributed by atoms with Crippen molar-refractivity contribution in [1.29, 1.82) is 0 Å².